The summed E-state index contributed by atoms with van der Waals surface area (Å²) < 4.78 is 28.2. The quantitative estimate of drug-likeness (QED) is 0.783. The Morgan fingerprint density at radius 2 is 1.65 bits per heavy atom. The summed E-state index contributed by atoms with van der Waals surface area (Å²) in [5.41, 5.74) is 0. The van der Waals surface area contributed by atoms with Crippen LogP contribution in [0.15, 0.2) is 0 Å². The highest BCUT2D eigenvalue weighted by atomic mass is 32.2. The molecule has 0 bridgehead atoms. The molecule has 17 heavy (non-hydrogen) atoms. The summed E-state index contributed by atoms with van der Waals surface area (Å²) in [7, 11) is -3.21. The van der Waals surface area contributed by atoms with E-state index < -0.39 is 10.2 Å². The van der Waals surface area contributed by atoms with Gasteiger partial charge in [-0.25, -0.2) is 0 Å². The van der Waals surface area contributed by atoms with E-state index in [4.69, 9.17) is 0 Å². The minimum atomic E-state index is -3.21. The molecule has 0 aromatic carbocycles. The Hall–Kier alpha value is -0.170. The van der Waals surface area contributed by atoms with E-state index in [1.165, 1.54) is 0 Å². The molecule has 2 fully saturated rings. The van der Waals surface area contributed by atoms with Crippen LogP contribution in [-0.2, 0) is 10.2 Å². The lowest BCUT2D eigenvalue weighted by Gasteiger charge is -2.34. The number of hydrogen-bond donors (Lipinski definition) is 1. The third kappa shape index (κ3) is 3.19. The lowest BCUT2D eigenvalue weighted by molar-refractivity contribution is 0.281. The van der Waals surface area contributed by atoms with E-state index in [0.29, 0.717) is 26.2 Å². The van der Waals surface area contributed by atoms with Crippen LogP contribution >= 0.6 is 0 Å². The molecule has 2 aliphatic rings. The molecule has 1 atom stereocenters. The van der Waals surface area contributed by atoms with E-state index in [0.717, 1.165) is 32.2 Å². The predicted octanol–water partition coefficient (Wildman–Crippen LogP) is 0.401. The maximum absolute atomic E-state index is 12.5. The number of hydrogen-bond acceptors (Lipinski definition) is 3. The van der Waals surface area contributed by atoms with Crippen LogP contribution in [0.1, 0.15) is 32.6 Å². The molecule has 0 radical (unpaired) electrons. The highest BCUT2D eigenvalue weighted by molar-refractivity contribution is 7.86. The first-order valence-corrected chi connectivity index (χ1v) is 7.99. The summed E-state index contributed by atoms with van der Waals surface area (Å²) in [6.07, 6.45) is 4.32. The van der Waals surface area contributed by atoms with Gasteiger partial charge in [0.1, 0.15) is 0 Å². The molecule has 2 heterocycles. The average molecular weight is 261 g/mol. The first kappa shape index (κ1) is 13.3. The molecule has 1 N–H and O–H groups in total. The third-order valence-corrected chi connectivity index (χ3v) is 5.55. The smallest absolute Gasteiger partial charge is 0.282 e. The molecule has 0 spiro atoms. The van der Waals surface area contributed by atoms with Crippen LogP contribution in [0.25, 0.3) is 0 Å². The van der Waals surface area contributed by atoms with Gasteiger partial charge in [-0.05, 0) is 19.8 Å². The summed E-state index contributed by atoms with van der Waals surface area (Å²) in [4.78, 5) is 0. The van der Waals surface area contributed by atoms with Crippen molar-refractivity contribution >= 4 is 10.2 Å². The van der Waals surface area contributed by atoms with Gasteiger partial charge in [-0.3, -0.25) is 0 Å². The van der Waals surface area contributed by atoms with Crippen LogP contribution in [0.5, 0.6) is 0 Å². The molecule has 0 aliphatic carbocycles. The molecule has 0 amide bonds. The van der Waals surface area contributed by atoms with Gasteiger partial charge in [0.2, 0.25) is 0 Å². The van der Waals surface area contributed by atoms with Crippen molar-refractivity contribution in [1.29, 1.82) is 0 Å². The van der Waals surface area contributed by atoms with Gasteiger partial charge in [0.05, 0.1) is 0 Å². The second-order valence-corrected chi connectivity index (χ2v) is 6.96. The lowest BCUT2D eigenvalue weighted by Crippen LogP contribution is -2.55. The van der Waals surface area contributed by atoms with E-state index >= 15 is 0 Å². The molecular formula is C11H23N3O2S. The van der Waals surface area contributed by atoms with Gasteiger partial charge in [-0.2, -0.15) is 17.0 Å². The highest BCUT2D eigenvalue weighted by Crippen LogP contribution is 2.17. The van der Waals surface area contributed by atoms with Gasteiger partial charge < -0.3 is 5.32 Å². The van der Waals surface area contributed by atoms with Crippen molar-refractivity contribution in [3.8, 4) is 0 Å². The van der Waals surface area contributed by atoms with Crippen molar-refractivity contribution in [3.05, 3.63) is 0 Å². The van der Waals surface area contributed by atoms with E-state index in [1.807, 2.05) is 6.92 Å². The second-order valence-electron chi connectivity index (χ2n) is 5.03. The second kappa shape index (κ2) is 5.65. The Labute approximate surface area is 104 Å². The minimum absolute atomic E-state index is 0.255. The zero-order chi connectivity index (χ0) is 12.3. The minimum Gasteiger partial charge on any atom is -0.312 e. The van der Waals surface area contributed by atoms with Crippen molar-refractivity contribution in [2.24, 2.45) is 0 Å². The van der Waals surface area contributed by atoms with Crippen molar-refractivity contribution in [2.45, 2.75) is 38.6 Å². The molecule has 5 nitrogen and oxygen atoms in total. The van der Waals surface area contributed by atoms with Gasteiger partial charge in [0.15, 0.2) is 0 Å². The van der Waals surface area contributed by atoms with Gasteiger partial charge in [0, 0.05) is 38.8 Å². The number of nitrogens with one attached hydrogen (secondary N) is 1. The summed E-state index contributed by atoms with van der Waals surface area (Å²) in [6, 6.07) is 0.255. The van der Waals surface area contributed by atoms with Crippen molar-refractivity contribution in [1.82, 2.24) is 13.9 Å². The SMILES string of the molecule is C[C@H]1CN(S(=O)(=O)N2CCCCCC2)CCN1. The molecule has 0 aromatic rings. The highest BCUT2D eigenvalue weighted by Gasteiger charge is 2.32. The van der Waals surface area contributed by atoms with E-state index in [9.17, 15) is 8.42 Å². The maximum atomic E-state index is 12.5. The fourth-order valence-corrected chi connectivity index (χ4v) is 4.32. The van der Waals surface area contributed by atoms with E-state index in [1.54, 1.807) is 8.61 Å². The van der Waals surface area contributed by atoms with Gasteiger partial charge >= 0.3 is 0 Å². The molecule has 6 heteroatoms. The largest absolute Gasteiger partial charge is 0.312 e. The van der Waals surface area contributed by atoms with Gasteiger partial charge in [0.25, 0.3) is 10.2 Å². The summed E-state index contributed by atoms with van der Waals surface area (Å²) in [5.74, 6) is 0. The molecule has 0 unspecified atom stereocenters. The zero-order valence-corrected chi connectivity index (χ0v) is 11.4. The molecule has 2 rings (SSSR count). The first-order valence-electron chi connectivity index (χ1n) is 6.59. The van der Waals surface area contributed by atoms with Crippen molar-refractivity contribution in [3.63, 3.8) is 0 Å². The Morgan fingerprint density at radius 3 is 2.24 bits per heavy atom. The fourth-order valence-electron chi connectivity index (χ4n) is 2.54. The normalized spacial score (nSPS) is 30.1. The van der Waals surface area contributed by atoms with Crippen LogP contribution in [0.4, 0.5) is 0 Å². The van der Waals surface area contributed by atoms with Gasteiger partial charge in [-0.1, -0.05) is 12.8 Å². The van der Waals surface area contributed by atoms with Crippen molar-refractivity contribution in [2.75, 3.05) is 32.7 Å². The zero-order valence-electron chi connectivity index (χ0n) is 10.6. The molecule has 100 valence electrons. The summed E-state index contributed by atoms with van der Waals surface area (Å²) in [5, 5.41) is 3.27. The van der Waals surface area contributed by atoms with Crippen LogP contribution in [0.3, 0.4) is 0 Å². The Morgan fingerprint density at radius 1 is 1.00 bits per heavy atom. The molecule has 0 aromatic heterocycles. The summed E-state index contributed by atoms with van der Waals surface area (Å²) in [6.45, 7) is 5.38. The molecule has 0 saturated carbocycles. The Bertz CT molecular complexity index is 329. The van der Waals surface area contributed by atoms with Crippen LogP contribution in [0, 0.1) is 0 Å². The maximum Gasteiger partial charge on any atom is 0.282 e. The van der Waals surface area contributed by atoms with Crippen LogP contribution < -0.4 is 5.32 Å². The lowest BCUT2D eigenvalue weighted by atomic mass is 10.2. The van der Waals surface area contributed by atoms with Crippen LogP contribution in [-0.4, -0.2) is 55.8 Å². The Balaban J connectivity index is 2.05. The molecule has 2 aliphatic heterocycles. The summed E-state index contributed by atoms with van der Waals surface area (Å²) >= 11 is 0. The molecule has 2 saturated heterocycles. The number of rotatable bonds is 2. The molecular weight excluding hydrogens is 238 g/mol. The monoisotopic (exact) mass is 261 g/mol. The standard InChI is InChI=1S/C11H23N3O2S/c1-11-10-14(9-6-12-11)17(15,16)13-7-4-2-3-5-8-13/h11-12H,2-10H2,1H3/t11-/m0/s1. The third-order valence-electron chi connectivity index (χ3n) is 3.55. The van der Waals surface area contributed by atoms with Crippen LogP contribution in [0.2, 0.25) is 0 Å². The topological polar surface area (TPSA) is 52.7 Å². The van der Waals surface area contributed by atoms with Gasteiger partial charge in [-0.15, -0.1) is 0 Å². The Kier molecular flexibility index (Phi) is 4.41. The van der Waals surface area contributed by atoms with Crippen molar-refractivity contribution < 1.29 is 8.42 Å². The number of piperazine rings is 1. The first-order chi connectivity index (χ1) is 8.10. The number of nitrogens with zero attached hydrogens (tertiary/aromatic N) is 2. The van der Waals surface area contributed by atoms with E-state index in [-0.39, 0.29) is 6.04 Å². The fraction of sp³-hybridized carbons (Fsp3) is 1.00. The van der Waals surface area contributed by atoms with E-state index in [2.05, 4.69) is 5.32 Å². The predicted molar refractivity (Wildman–Crippen MR) is 68.0 cm³/mol. The average Bonchev–Trinajstić information content (AvgIpc) is 2.58.